The molecule has 5 nitrogen and oxygen atoms in total. The van der Waals surface area contributed by atoms with E-state index in [1.165, 1.54) is 36.1 Å². The third-order valence-electron chi connectivity index (χ3n) is 6.65. The lowest BCUT2D eigenvalue weighted by Crippen LogP contribution is -2.37. The number of ether oxygens (including phenoxy) is 2. The number of hydrogen-bond donors (Lipinski definition) is 0. The second-order valence-electron chi connectivity index (χ2n) is 8.44. The Kier molecular flexibility index (Phi) is 5.79. The van der Waals surface area contributed by atoms with Gasteiger partial charge in [0.1, 0.15) is 5.75 Å². The molecule has 154 valence electrons. The third kappa shape index (κ3) is 4.18. The molecule has 0 bridgehead atoms. The maximum Gasteiger partial charge on any atom is 0.119 e. The van der Waals surface area contributed by atoms with Crippen LogP contribution in [0.5, 0.6) is 5.75 Å². The van der Waals surface area contributed by atoms with E-state index in [-0.39, 0.29) is 0 Å². The van der Waals surface area contributed by atoms with Crippen LogP contribution in [0.3, 0.4) is 0 Å². The van der Waals surface area contributed by atoms with Gasteiger partial charge in [-0.1, -0.05) is 12.1 Å². The van der Waals surface area contributed by atoms with E-state index in [2.05, 4.69) is 45.1 Å². The van der Waals surface area contributed by atoms with Gasteiger partial charge >= 0.3 is 0 Å². The summed E-state index contributed by atoms with van der Waals surface area (Å²) in [6.45, 7) is 7.99. The van der Waals surface area contributed by atoms with Gasteiger partial charge in [-0.3, -0.25) is 14.8 Å². The molecule has 0 spiro atoms. The maximum absolute atomic E-state index is 6.16. The lowest BCUT2D eigenvalue weighted by Gasteiger charge is -2.37. The summed E-state index contributed by atoms with van der Waals surface area (Å²) in [4.78, 5) is 9.49. The fourth-order valence-electron chi connectivity index (χ4n) is 5.15. The Balaban J connectivity index is 1.29. The second kappa shape index (κ2) is 8.82. The molecule has 0 aliphatic carbocycles. The van der Waals surface area contributed by atoms with Gasteiger partial charge in [-0.15, -0.1) is 0 Å². The van der Waals surface area contributed by atoms with E-state index in [4.69, 9.17) is 9.47 Å². The summed E-state index contributed by atoms with van der Waals surface area (Å²) in [6.07, 6.45) is 7.49. The molecule has 0 N–H and O–H groups in total. The van der Waals surface area contributed by atoms with Crippen LogP contribution < -0.4 is 4.74 Å². The van der Waals surface area contributed by atoms with E-state index in [1.54, 1.807) is 0 Å². The molecule has 0 radical (unpaired) electrons. The van der Waals surface area contributed by atoms with Crippen molar-refractivity contribution >= 4 is 0 Å². The van der Waals surface area contributed by atoms with Crippen molar-refractivity contribution in [3.63, 3.8) is 0 Å². The topological polar surface area (TPSA) is 37.8 Å². The Morgan fingerprint density at radius 1 is 1.10 bits per heavy atom. The van der Waals surface area contributed by atoms with E-state index in [0.717, 1.165) is 58.2 Å². The lowest BCUT2D eigenvalue weighted by atomic mass is 9.82. The number of rotatable bonds is 6. The largest absolute Gasteiger partial charge is 0.494 e. The summed E-state index contributed by atoms with van der Waals surface area (Å²) in [5.41, 5.74) is 4.24. The average molecular weight is 394 g/mol. The van der Waals surface area contributed by atoms with Gasteiger partial charge in [0, 0.05) is 50.5 Å². The summed E-state index contributed by atoms with van der Waals surface area (Å²) in [5, 5.41) is 0. The van der Waals surface area contributed by atoms with Crippen molar-refractivity contribution in [1.82, 2.24) is 14.8 Å². The molecule has 1 aromatic carbocycles. The summed E-state index contributed by atoms with van der Waals surface area (Å²) in [6, 6.07) is 11.6. The quantitative estimate of drug-likeness (QED) is 0.703. The normalized spacial score (nSPS) is 24.8. The zero-order chi connectivity index (χ0) is 19.5. The summed E-state index contributed by atoms with van der Waals surface area (Å²) in [7, 11) is 0. The van der Waals surface area contributed by atoms with Gasteiger partial charge in [0.15, 0.2) is 0 Å². The van der Waals surface area contributed by atoms with E-state index in [1.807, 2.05) is 12.4 Å². The number of aromatic nitrogens is 1. The average Bonchev–Trinajstić information content (AvgIpc) is 3.26. The van der Waals surface area contributed by atoms with Crippen LogP contribution in [0.15, 0.2) is 42.7 Å². The predicted octanol–water partition coefficient (Wildman–Crippen LogP) is 3.47. The number of morpholine rings is 1. The summed E-state index contributed by atoms with van der Waals surface area (Å²) in [5.74, 6) is 1.42. The zero-order valence-corrected chi connectivity index (χ0v) is 17.1. The van der Waals surface area contributed by atoms with Crippen molar-refractivity contribution < 1.29 is 9.47 Å². The van der Waals surface area contributed by atoms with Gasteiger partial charge in [0.25, 0.3) is 0 Å². The third-order valence-corrected chi connectivity index (χ3v) is 6.65. The maximum atomic E-state index is 6.16. The van der Waals surface area contributed by atoms with Crippen molar-refractivity contribution in [2.45, 2.75) is 31.2 Å². The first-order valence-corrected chi connectivity index (χ1v) is 11.1. The summed E-state index contributed by atoms with van der Waals surface area (Å²) >= 11 is 0. The van der Waals surface area contributed by atoms with Crippen LogP contribution in [0.4, 0.5) is 0 Å². The highest BCUT2D eigenvalue weighted by atomic mass is 16.5. The van der Waals surface area contributed by atoms with E-state index < -0.39 is 0 Å². The van der Waals surface area contributed by atoms with E-state index >= 15 is 0 Å². The first-order chi connectivity index (χ1) is 14.4. The van der Waals surface area contributed by atoms with Crippen LogP contribution in [-0.2, 0) is 4.74 Å². The van der Waals surface area contributed by atoms with Crippen molar-refractivity contribution in [2.24, 2.45) is 0 Å². The molecule has 3 aliphatic rings. The van der Waals surface area contributed by atoms with Gasteiger partial charge in [-0.05, 0) is 60.7 Å². The highest BCUT2D eigenvalue weighted by molar-refractivity contribution is 5.46. The van der Waals surface area contributed by atoms with E-state index in [9.17, 15) is 0 Å². The van der Waals surface area contributed by atoms with Gasteiger partial charge in [-0.2, -0.15) is 0 Å². The summed E-state index contributed by atoms with van der Waals surface area (Å²) < 4.78 is 11.6. The molecule has 1 aromatic heterocycles. The Morgan fingerprint density at radius 3 is 2.90 bits per heavy atom. The van der Waals surface area contributed by atoms with Gasteiger partial charge in [-0.25, -0.2) is 0 Å². The van der Waals surface area contributed by atoms with E-state index in [0.29, 0.717) is 12.0 Å². The monoisotopic (exact) mass is 393 g/mol. The molecule has 0 unspecified atom stereocenters. The molecule has 5 heteroatoms. The molecular weight excluding hydrogens is 362 g/mol. The van der Waals surface area contributed by atoms with Gasteiger partial charge in [0.05, 0.1) is 19.8 Å². The number of benzene rings is 1. The highest BCUT2D eigenvalue weighted by Crippen LogP contribution is 2.45. The first-order valence-electron chi connectivity index (χ1n) is 11.1. The van der Waals surface area contributed by atoms with Crippen LogP contribution >= 0.6 is 0 Å². The molecule has 2 aromatic rings. The lowest BCUT2D eigenvalue weighted by molar-refractivity contribution is 0.0358. The van der Waals surface area contributed by atoms with Crippen LogP contribution in [0.2, 0.25) is 0 Å². The second-order valence-corrected chi connectivity index (χ2v) is 8.44. The van der Waals surface area contributed by atoms with Crippen molar-refractivity contribution in [2.75, 3.05) is 52.5 Å². The highest BCUT2D eigenvalue weighted by Gasteiger charge is 2.36. The molecule has 0 saturated carbocycles. The molecule has 29 heavy (non-hydrogen) atoms. The number of hydrogen-bond acceptors (Lipinski definition) is 5. The Labute approximate surface area is 173 Å². The van der Waals surface area contributed by atoms with Crippen LogP contribution in [0.1, 0.15) is 47.9 Å². The Hall–Kier alpha value is -1.95. The number of nitrogens with zero attached hydrogens (tertiary/aromatic N) is 3. The minimum absolute atomic E-state index is 0.406. The molecule has 3 aliphatic heterocycles. The SMILES string of the molecule is c1cncc([C@H]2CN3CCC[C@@H]3c3cc(OCCCN4CCOCC4)ccc32)c1. The molecule has 2 atom stereocenters. The van der Waals surface area contributed by atoms with Crippen LogP contribution in [0.25, 0.3) is 0 Å². The van der Waals surface area contributed by atoms with Crippen molar-refractivity contribution in [1.29, 1.82) is 0 Å². The standard InChI is InChI=1S/C24H31N3O2/c1-4-19(17-25-8-1)23-18-27-10-2-5-24(27)22-16-20(6-7-21(22)23)29-13-3-9-26-11-14-28-15-12-26/h1,4,6-8,16-17,23-24H,2-3,5,9-15,18H2/t23-,24-/m1/s1. The smallest absolute Gasteiger partial charge is 0.119 e. The molecule has 2 fully saturated rings. The molecule has 2 saturated heterocycles. The molecule has 0 amide bonds. The Bertz CT molecular complexity index is 807. The minimum Gasteiger partial charge on any atom is -0.494 e. The number of fused-ring (bicyclic) bond motifs is 3. The predicted molar refractivity (Wildman–Crippen MR) is 113 cm³/mol. The fourth-order valence-corrected chi connectivity index (χ4v) is 5.15. The van der Waals surface area contributed by atoms with Gasteiger partial charge < -0.3 is 9.47 Å². The first kappa shape index (κ1) is 19.0. The molecule has 5 rings (SSSR count). The minimum atomic E-state index is 0.406. The zero-order valence-electron chi connectivity index (χ0n) is 17.1. The van der Waals surface area contributed by atoms with Crippen molar-refractivity contribution in [3.05, 3.63) is 59.4 Å². The molecule has 4 heterocycles. The molecular formula is C24H31N3O2. The fraction of sp³-hybridized carbons (Fsp3) is 0.542. The Morgan fingerprint density at radius 2 is 2.03 bits per heavy atom. The van der Waals surface area contributed by atoms with Gasteiger partial charge in [0.2, 0.25) is 0 Å². The van der Waals surface area contributed by atoms with Crippen LogP contribution in [-0.4, -0.2) is 67.3 Å². The number of pyridine rings is 1. The van der Waals surface area contributed by atoms with Crippen LogP contribution in [0, 0.1) is 0 Å². The van der Waals surface area contributed by atoms with Crippen molar-refractivity contribution in [3.8, 4) is 5.75 Å².